The number of hydrogen-bond acceptors (Lipinski definition) is 2. The van der Waals surface area contributed by atoms with Crippen LogP contribution in [0, 0.1) is 0 Å². The van der Waals surface area contributed by atoms with Gasteiger partial charge in [-0.1, -0.05) is 17.7 Å². The number of methoxy groups -OCH3 is 1. The van der Waals surface area contributed by atoms with Crippen LogP contribution in [0.25, 0.3) is 0 Å². The first-order valence-electron chi connectivity index (χ1n) is 5.39. The highest BCUT2D eigenvalue weighted by Gasteiger charge is 2.28. The molecule has 0 aliphatic heterocycles. The lowest BCUT2D eigenvalue weighted by Crippen LogP contribution is -2.44. The molecule has 88 valence electrons. The lowest BCUT2D eigenvalue weighted by atomic mass is 9.89. The van der Waals surface area contributed by atoms with Gasteiger partial charge in [-0.2, -0.15) is 0 Å². The standard InChI is InChI=1S/C12H15BrClNO/c1-16-10-5-9(6-10)15-7-8-2-3-12(14)11(13)4-8/h2-4,9-10,15H,5-7H2,1H3. The zero-order valence-electron chi connectivity index (χ0n) is 9.17. The summed E-state index contributed by atoms with van der Waals surface area (Å²) in [6.07, 6.45) is 2.69. The monoisotopic (exact) mass is 303 g/mol. The van der Waals surface area contributed by atoms with E-state index in [1.807, 2.05) is 12.1 Å². The molecule has 0 atom stereocenters. The summed E-state index contributed by atoms with van der Waals surface area (Å²) >= 11 is 9.36. The van der Waals surface area contributed by atoms with Crippen molar-refractivity contribution in [3.8, 4) is 0 Å². The van der Waals surface area contributed by atoms with Crippen LogP contribution in [-0.4, -0.2) is 19.3 Å². The second-order valence-electron chi connectivity index (χ2n) is 4.16. The van der Waals surface area contributed by atoms with Crippen molar-refractivity contribution in [3.05, 3.63) is 33.3 Å². The number of ether oxygens (including phenoxy) is 1. The van der Waals surface area contributed by atoms with E-state index in [1.165, 1.54) is 5.56 Å². The van der Waals surface area contributed by atoms with Crippen LogP contribution >= 0.6 is 27.5 Å². The van der Waals surface area contributed by atoms with Crippen LogP contribution in [0.2, 0.25) is 5.02 Å². The van der Waals surface area contributed by atoms with E-state index in [9.17, 15) is 0 Å². The van der Waals surface area contributed by atoms with Crippen molar-refractivity contribution in [2.45, 2.75) is 31.5 Å². The second-order valence-corrected chi connectivity index (χ2v) is 5.42. The minimum Gasteiger partial charge on any atom is -0.381 e. The number of hydrogen-bond donors (Lipinski definition) is 1. The maximum atomic E-state index is 5.94. The van der Waals surface area contributed by atoms with Gasteiger partial charge in [-0.25, -0.2) is 0 Å². The van der Waals surface area contributed by atoms with Crippen LogP contribution in [0.1, 0.15) is 18.4 Å². The lowest BCUT2D eigenvalue weighted by Gasteiger charge is -2.34. The van der Waals surface area contributed by atoms with Gasteiger partial charge in [0, 0.05) is 24.2 Å². The zero-order chi connectivity index (χ0) is 11.5. The number of benzene rings is 1. The Hall–Kier alpha value is -0.0900. The van der Waals surface area contributed by atoms with E-state index in [4.69, 9.17) is 16.3 Å². The molecule has 0 unspecified atom stereocenters. The lowest BCUT2D eigenvalue weighted by molar-refractivity contribution is 0.0170. The molecule has 0 aromatic heterocycles. The van der Waals surface area contributed by atoms with E-state index in [0.29, 0.717) is 12.1 Å². The summed E-state index contributed by atoms with van der Waals surface area (Å²) in [5, 5.41) is 4.26. The van der Waals surface area contributed by atoms with E-state index < -0.39 is 0 Å². The Bertz CT molecular complexity index is 366. The first-order valence-corrected chi connectivity index (χ1v) is 6.56. The molecule has 2 rings (SSSR count). The van der Waals surface area contributed by atoms with Gasteiger partial charge in [0.1, 0.15) is 0 Å². The van der Waals surface area contributed by atoms with Crippen molar-refractivity contribution < 1.29 is 4.74 Å². The van der Waals surface area contributed by atoms with Crippen LogP contribution < -0.4 is 5.32 Å². The third-order valence-corrected chi connectivity index (χ3v) is 4.22. The van der Waals surface area contributed by atoms with Gasteiger partial charge in [0.15, 0.2) is 0 Å². The summed E-state index contributed by atoms with van der Waals surface area (Å²) in [5.74, 6) is 0. The first-order chi connectivity index (χ1) is 7.69. The fourth-order valence-corrected chi connectivity index (χ4v) is 2.38. The summed E-state index contributed by atoms with van der Waals surface area (Å²) in [5.41, 5.74) is 1.25. The van der Waals surface area contributed by atoms with Gasteiger partial charge in [-0.15, -0.1) is 0 Å². The quantitative estimate of drug-likeness (QED) is 0.921. The van der Waals surface area contributed by atoms with Crippen molar-refractivity contribution in [2.75, 3.05) is 7.11 Å². The summed E-state index contributed by atoms with van der Waals surface area (Å²) in [7, 11) is 1.77. The van der Waals surface area contributed by atoms with E-state index in [0.717, 1.165) is 28.9 Å². The Morgan fingerprint density at radius 1 is 1.50 bits per heavy atom. The second kappa shape index (κ2) is 5.50. The van der Waals surface area contributed by atoms with Crippen molar-refractivity contribution >= 4 is 27.5 Å². The molecule has 0 amide bonds. The topological polar surface area (TPSA) is 21.3 Å². The number of rotatable bonds is 4. The molecule has 1 aliphatic rings. The van der Waals surface area contributed by atoms with E-state index >= 15 is 0 Å². The molecule has 0 spiro atoms. The molecular weight excluding hydrogens is 289 g/mol. The Morgan fingerprint density at radius 2 is 2.25 bits per heavy atom. The Morgan fingerprint density at radius 3 is 2.88 bits per heavy atom. The number of nitrogens with one attached hydrogen (secondary N) is 1. The molecule has 0 bridgehead atoms. The van der Waals surface area contributed by atoms with Crippen molar-refractivity contribution in [3.63, 3.8) is 0 Å². The molecule has 2 nitrogen and oxygen atoms in total. The molecule has 1 aliphatic carbocycles. The fourth-order valence-electron chi connectivity index (χ4n) is 1.84. The zero-order valence-corrected chi connectivity index (χ0v) is 11.5. The van der Waals surface area contributed by atoms with Crippen LogP contribution in [0.15, 0.2) is 22.7 Å². The molecule has 1 aromatic carbocycles. The van der Waals surface area contributed by atoms with Crippen LogP contribution in [-0.2, 0) is 11.3 Å². The van der Waals surface area contributed by atoms with Crippen molar-refractivity contribution in [2.24, 2.45) is 0 Å². The third-order valence-electron chi connectivity index (χ3n) is 3.01. The molecule has 16 heavy (non-hydrogen) atoms. The van der Waals surface area contributed by atoms with E-state index in [1.54, 1.807) is 7.11 Å². The SMILES string of the molecule is COC1CC(NCc2ccc(Cl)c(Br)c2)C1. The largest absolute Gasteiger partial charge is 0.381 e. The Labute approximate surface area is 109 Å². The van der Waals surface area contributed by atoms with Gasteiger partial charge >= 0.3 is 0 Å². The highest BCUT2D eigenvalue weighted by atomic mass is 79.9. The number of halogens is 2. The molecule has 0 radical (unpaired) electrons. The molecule has 1 fully saturated rings. The highest BCUT2D eigenvalue weighted by Crippen LogP contribution is 2.25. The van der Waals surface area contributed by atoms with Gasteiger partial charge in [-0.3, -0.25) is 0 Å². The molecular formula is C12H15BrClNO. The van der Waals surface area contributed by atoms with Crippen molar-refractivity contribution in [1.82, 2.24) is 5.32 Å². The predicted molar refractivity (Wildman–Crippen MR) is 69.8 cm³/mol. The Balaban J connectivity index is 1.80. The van der Waals surface area contributed by atoms with Gasteiger partial charge in [0.25, 0.3) is 0 Å². The summed E-state index contributed by atoms with van der Waals surface area (Å²) in [4.78, 5) is 0. The minimum absolute atomic E-state index is 0.453. The van der Waals surface area contributed by atoms with Gasteiger partial charge < -0.3 is 10.1 Å². The molecule has 1 aromatic rings. The summed E-state index contributed by atoms with van der Waals surface area (Å²) in [6.45, 7) is 0.886. The van der Waals surface area contributed by atoms with Crippen molar-refractivity contribution in [1.29, 1.82) is 0 Å². The minimum atomic E-state index is 0.453. The van der Waals surface area contributed by atoms with Gasteiger partial charge in [-0.05, 0) is 46.5 Å². The molecule has 4 heteroatoms. The van der Waals surface area contributed by atoms with Crippen LogP contribution in [0.5, 0.6) is 0 Å². The van der Waals surface area contributed by atoms with E-state index in [2.05, 4.69) is 27.3 Å². The third kappa shape index (κ3) is 2.98. The average molecular weight is 305 g/mol. The smallest absolute Gasteiger partial charge is 0.0601 e. The van der Waals surface area contributed by atoms with Crippen LogP contribution in [0.4, 0.5) is 0 Å². The maximum absolute atomic E-state index is 5.94. The van der Waals surface area contributed by atoms with Gasteiger partial charge in [0.05, 0.1) is 11.1 Å². The molecule has 1 N–H and O–H groups in total. The fraction of sp³-hybridized carbons (Fsp3) is 0.500. The predicted octanol–water partition coefficient (Wildman–Crippen LogP) is 3.37. The van der Waals surface area contributed by atoms with Gasteiger partial charge in [0.2, 0.25) is 0 Å². The molecule has 0 saturated heterocycles. The van der Waals surface area contributed by atoms with Crippen LogP contribution in [0.3, 0.4) is 0 Å². The highest BCUT2D eigenvalue weighted by molar-refractivity contribution is 9.10. The summed E-state index contributed by atoms with van der Waals surface area (Å²) < 4.78 is 6.19. The maximum Gasteiger partial charge on any atom is 0.0601 e. The average Bonchev–Trinajstić information content (AvgIpc) is 2.21. The normalized spacial score (nSPS) is 24.2. The molecule has 1 saturated carbocycles. The summed E-state index contributed by atoms with van der Waals surface area (Å²) in [6, 6.07) is 6.62. The first kappa shape index (κ1) is 12.4. The Kier molecular flexibility index (Phi) is 4.25. The molecule has 0 heterocycles. The van der Waals surface area contributed by atoms with E-state index in [-0.39, 0.29) is 0 Å².